The highest BCUT2D eigenvalue weighted by Gasteiger charge is 2.27. The number of aromatic amines is 1. The van der Waals surface area contributed by atoms with Crippen LogP contribution in [0.5, 0.6) is 0 Å². The summed E-state index contributed by atoms with van der Waals surface area (Å²) in [6.07, 6.45) is 4.53. The summed E-state index contributed by atoms with van der Waals surface area (Å²) in [5, 5.41) is 9.25. The predicted molar refractivity (Wildman–Crippen MR) is 114 cm³/mol. The van der Waals surface area contributed by atoms with Gasteiger partial charge in [0.2, 0.25) is 0 Å². The third kappa shape index (κ3) is 4.84. The summed E-state index contributed by atoms with van der Waals surface area (Å²) < 4.78 is 32.7. The monoisotopic (exact) mass is 448 g/mol. The van der Waals surface area contributed by atoms with Crippen LogP contribution in [0.1, 0.15) is 17.3 Å². The SMILES string of the molecule is CC(=O)SCC(=O)c1ccc(N(CCO)S(=O)(=O)c2coc(-c3cc[nH]c3)c2)cc1. The maximum absolute atomic E-state index is 13.1. The van der Waals surface area contributed by atoms with Gasteiger partial charge in [-0.25, -0.2) is 8.42 Å². The summed E-state index contributed by atoms with van der Waals surface area (Å²) in [6.45, 7) is 0.828. The van der Waals surface area contributed by atoms with Crippen molar-refractivity contribution in [3.63, 3.8) is 0 Å². The van der Waals surface area contributed by atoms with Crippen LogP contribution in [0.25, 0.3) is 11.3 Å². The zero-order chi connectivity index (χ0) is 21.7. The minimum Gasteiger partial charge on any atom is -0.463 e. The summed E-state index contributed by atoms with van der Waals surface area (Å²) >= 11 is 0.915. The Hall–Kier alpha value is -2.82. The number of thioether (sulfide) groups is 1. The lowest BCUT2D eigenvalue weighted by molar-refractivity contribution is -0.109. The van der Waals surface area contributed by atoms with E-state index in [1.807, 2.05) is 0 Å². The summed E-state index contributed by atoms with van der Waals surface area (Å²) in [6, 6.07) is 9.15. The van der Waals surface area contributed by atoms with Crippen molar-refractivity contribution >= 4 is 38.4 Å². The van der Waals surface area contributed by atoms with E-state index in [4.69, 9.17) is 4.42 Å². The fourth-order valence-corrected chi connectivity index (χ4v) is 4.66. The number of carbonyl (C=O) groups excluding carboxylic acids is 2. The Labute approximate surface area is 177 Å². The Morgan fingerprint density at radius 2 is 1.93 bits per heavy atom. The molecule has 0 bridgehead atoms. The Morgan fingerprint density at radius 1 is 1.20 bits per heavy atom. The average Bonchev–Trinajstić information content (AvgIpc) is 3.42. The molecule has 2 N–H and O–H groups in total. The van der Waals surface area contributed by atoms with Gasteiger partial charge in [0.25, 0.3) is 10.0 Å². The molecule has 0 aliphatic rings. The topological polar surface area (TPSA) is 121 Å². The molecule has 0 aliphatic carbocycles. The van der Waals surface area contributed by atoms with E-state index in [9.17, 15) is 23.1 Å². The lowest BCUT2D eigenvalue weighted by Crippen LogP contribution is -2.33. The molecular weight excluding hydrogens is 428 g/mol. The molecular formula is C20H20N2O6S2. The first-order chi connectivity index (χ1) is 14.3. The number of Topliss-reactive ketones (excluding diaryl/α,β-unsaturated/α-hetero) is 1. The highest BCUT2D eigenvalue weighted by Crippen LogP contribution is 2.29. The third-order valence-corrected chi connectivity index (χ3v) is 6.83. The number of aliphatic hydroxyl groups is 1. The number of nitrogens with zero attached hydrogens (tertiary/aromatic N) is 1. The van der Waals surface area contributed by atoms with Gasteiger partial charge in [0.15, 0.2) is 10.9 Å². The van der Waals surface area contributed by atoms with Crippen LogP contribution in [0.2, 0.25) is 0 Å². The molecule has 2 heterocycles. The zero-order valence-electron chi connectivity index (χ0n) is 16.1. The van der Waals surface area contributed by atoms with E-state index >= 15 is 0 Å². The Balaban J connectivity index is 1.86. The molecule has 0 saturated carbocycles. The normalized spacial score (nSPS) is 11.4. The summed E-state index contributed by atoms with van der Waals surface area (Å²) in [7, 11) is -4.01. The number of nitrogens with one attached hydrogen (secondary N) is 1. The average molecular weight is 449 g/mol. The summed E-state index contributed by atoms with van der Waals surface area (Å²) in [4.78, 5) is 26.0. The van der Waals surface area contributed by atoms with Crippen LogP contribution in [0, 0.1) is 0 Å². The fourth-order valence-electron chi connectivity index (χ4n) is 2.75. The van der Waals surface area contributed by atoms with E-state index < -0.39 is 16.6 Å². The first-order valence-corrected chi connectivity index (χ1v) is 11.4. The maximum atomic E-state index is 13.1. The quantitative estimate of drug-likeness (QED) is 0.483. The summed E-state index contributed by atoms with van der Waals surface area (Å²) in [5.74, 6) is 0.177. The molecule has 0 amide bonds. The van der Waals surface area contributed by atoms with Crippen LogP contribution < -0.4 is 4.31 Å². The number of furan rings is 1. The maximum Gasteiger partial charge on any atom is 0.267 e. The Kier molecular flexibility index (Phi) is 6.80. The molecule has 0 radical (unpaired) electrons. The smallest absolute Gasteiger partial charge is 0.267 e. The van der Waals surface area contributed by atoms with Crippen molar-refractivity contribution in [1.29, 1.82) is 0 Å². The molecule has 1 aromatic carbocycles. The van der Waals surface area contributed by atoms with Gasteiger partial charge in [-0.2, -0.15) is 0 Å². The standard InChI is InChI=1S/C20H20N2O6S2/c1-14(24)29-13-19(25)15-2-4-17(5-3-15)22(8-9-23)30(26,27)18-10-20(28-12-18)16-6-7-21-11-16/h2-7,10-12,21,23H,8-9,13H2,1H3. The van der Waals surface area contributed by atoms with Crippen molar-refractivity contribution < 1.29 is 27.5 Å². The van der Waals surface area contributed by atoms with Crippen molar-refractivity contribution in [3.05, 3.63) is 60.6 Å². The van der Waals surface area contributed by atoms with Crippen LogP contribution >= 0.6 is 11.8 Å². The van der Waals surface area contributed by atoms with E-state index in [0.717, 1.165) is 22.3 Å². The number of aromatic nitrogens is 1. The van der Waals surface area contributed by atoms with Gasteiger partial charge in [-0.05, 0) is 30.3 Å². The first-order valence-electron chi connectivity index (χ1n) is 8.95. The molecule has 30 heavy (non-hydrogen) atoms. The van der Waals surface area contributed by atoms with Crippen molar-refractivity contribution in [2.45, 2.75) is 11.8 Å². The number of sulfonamides is 1. The molecule has 158 valence electrons. The molecule has 8 nitrogen and oxygen atoms in total. The van der Waals surface area contributed by atoms with Gasteiger partial charge >= 0.3 is 0 Å². The highest BCUT2D eigenvalue weighted by atomic mass is 32.2. The number of anilines is 1. The van der Waals surface area contributed by atoms with Crippen LogP contribution in [-0.2, 0) is 14.8 Å². The Morgan fingerprint density at radius 3 is 2.53 bits per heavy atom. The van der Waals surface area contributed by atoms with Crippen molar-refractivity contribution in [3.8, 4) is 11.3 Å². The van der Waals surface area contributed by atoms with Crippen LogP contribution in [-0.4, -0.2) is 48.3 Å². The second-order valence-corrected chi connectivity index (χ2v) is 9.31. The number of hydrogen-bond donors (Lipinski definition) is 2. The second-order valence-electron chi connectivity index (χ2n) is 6.30. The number of carbonyl (C=O) groups is 2. The van der Waals surface area contributed by atoms with E-state index in [-0.39, 0.29) is 28.1 Å². The molecule has 3 rings (SSSR count). The minimum atomic E-state index is -4.01. The zero-order valence-corrected chi connectivity index (χ0v) is 17.7. The first kappa shape index (κ1) is 21.9. The van der Waals surface area contributed by atoms with E-state index in [2.05, 4.69) is 4.98 Å². The number of aliphatic hydroxyl groups excluding tert-OH is 1. The summed E-state index contributed by atoms with van der Waals surface area (Å²) in [5.41, 5.74) is 1.37. The number of ketones is 1. The van der Waals surface area contributed by atoms with Gasteiger partial charge < -0.3 is 14.5 Å². The molecule has 0 atom stereocenters. The molecule has 0 unspecified atom stereocenters. The molecule has 0 spiro atoms. The molecule has 2 aromatic heterocycles. The molecule has 10 heteroatoms. The number of rotatable bonds is 9. The van der Waals surface area contributed by atoms with Gasteiger partial charge in [-0.1, -0.05) is 11.8 Å². The van der Waals surface area contributed by atoms with Crippen molar-refractivity contribution in [1.82, 2.24) is 4.98 Å². The molecule has 3 aromatic rings. The van der Waals surface area contributed by atoms with Crippen LogP contribution in [0.3, 0.4) is 0 Å². The highest BCUT2D eigenvalue weighted by molar-refractivity contribution is 8.14. The van der Waals surface area contributed by atoms with Crippen molar-refractivity contribution in [2.24, 2.45) is 0 Å². The number of benzene rings is 1. The van der Waals surface area contributed by atoms with Crippen LogP contribution in [0.15, 0.2) is 64.4 Å². The predicted octanol–water partition coefficient (Wildman–Crippen LogP) is 2.92. The second kappa shape index (κ2) is 9.33. The van der Waals surface area contributed by atoms with Gasteiger partial charge in [-0.15, -0.1) is 0 Å². The van der Waals surface area contributed by atoms with Gasteiger partial charge in [-0.3, -0.25) is 13.9 Å². The van der Waals surface area contributed by atoms with E-state index in [1.165, 1.54) is 37.3 Å². The molecule has 0 saturated heterocycles. The van der Waals surface area contributed by atoms with E-state index in [0.29, 0.717) is 22.6 Å². The van der Waals surface area contributed by atoms with E-state index in [1.54, 1.807) is 18.5 Å². The lowest BCUT2D eigenvalue weighted by Gasteiger charge is -2.23. The van der Waals surface area contributed by atoms with Gasteiger partial charge in [0.1, 0.15) is 16.9 Å². The largest absolute Gasteiger partial charge is 0.463 e. The Bertz CT molecular complexity index is 1120. The fraction of sp³-hybridized carbons (Fsp3) is 0.200. The number of hydrogen-bond acceptors (Lipinski definition) is 7. The third-order valence-electron chi connectivity index (χ3n) is 4.23. The molecule has 0 aliphatic heterocycles. The van der Waals surface area contributed by atoms with Crippen molar-refractivity contribution in [2.75, 3.05) is 23.2 Å². The molecule has 0 fully saturated rings. The van der Waals surface area contributed by atoms with Gasteiger partial charge in [0, 0.05) is 36.5 Å². The van der Waals surface area contributed by atoms with Gasteiger partial charge in [0.05, 0.1) is 24.6 Å². The number of H-pyrrole nitrogens is 1. The van der Waals surface area contributed by atoms with Crippen LogP contribution in [0.4, 0.5) is 5.69 Å². The lowest BCUT2D eigenvalue weighted by atomic mass is 10.1. The minimum absolute atomic E-state index is 0.0181.